The molecule has 1 spiro atoms. The number of ether oxygens (including phenoxy) is 1. The van der Waals surface area contributed by atoms with Crippen LogP contribution >= 0.6 is 11.3 Å². The molecule has 1 N–H and O–H groups in total. The van der Waals surface area contributed by atoms with Crippen molar-refractivity contribution >= 4 is 28.2 Å². The Morgan fingerprint density at radius 2 is 2.30 bits per heavy atom. The molecule has 0 radical (unpaired) electrons. The highest BCUT2D eigenvalue weighted by atomic mass is 32.1. The van der Waals surface area contributed by atoms with Crippen molar-refractivity contribution in [2.75, 3.05) is 6.54 Å². The number of hydrogen-bond acceptors (Lipinski definition) is 5. The number of hydrogen-bond donors (Lipinski definition) is 1. The van der Waals surface area contributed by atoms with Gasteiger partial charge >= 0.3 is 5.97 Å². The van der Waals surface area contributed by atoms with Gasteiger partial charge in [-0.25, -0.2) is 4.98 Å². The molecule has 2 fully saturated rings. The quantitative estimate of drug-likeness (QED) is 0.868. The van der Waals surface area contributed by atoms with E-state index in [9.17, 15) is 9.59 Å². The summed E-state index contributed by atoms with van der Waals surface area (Å²) in [4.78, 5) is 29.6. The number of nitrogens with one attached hydrogen (secondary N) is 1. The maximum Gasteiger partial charge on any atom is 0.307 e. The zero-order chi connectivity index (χ0) is 15.9. The number of imidazole rings is 1. The molecule has 2 aromatic heterocycles. The van der Waals surface area contributed by atoms with Gasteiger partial charge in [-0.05, 0) is 25.7 Å². The fourth-order valence-electron chi connectivity index (χ4n) is 3.78. The number of carbonyl (C=O) groups is 2. The summed E-state index contributed by atoms with van der Waals surface area (Å²) in [5.41, 5.74) is 0.435. The zero-order valence-corrected chi connectivity index (χ0v) is 13.6. The molecule has 23 heavy (non-hydrogen) atoms. The van der Waals surface area contributed by atoms with Crippen LogP contribution in [0, 0.1) is 5.92 Å². The molecule has 4 rings (SSSR count). The lowest BCUT2D eigenvalue weighted by Crippen LogP contribution is -2.43. The smallest absolute Gasteiger partial charge is 0.307 e. The molecule has 1 atom stereocenters. The van der Waals surface area contributed by atoms with Gasteiger partial charge < -0.3 is 10.1 Å². The van der Waals surface area contributed by atoms with E-state index in [1.165, 1.54) is 0 Å². The molecule has 3 heterocycles. The van der Waals surface area contributed by atoms with Crippen molar-refractivity contribution in [3.8, 4) is 0 Å². The minimum atomic E-state index is -0.530. The highest BCUT2D eigenvalue weighted by molar-refractivity contribution is 7.15. The number of nitrogens with zero attached hydrogens (tertiary/aromatic N) is 2. The molecular weight excluding hydrogens is 314 g/mol. The number of thiazole rings is 1. The molecule has 1 saturated heterocycles. The molecule has 2 aromatic rings. The van der Waals surface area contributed by atoms with Crippen LogP contribution in [0.4, 0.5) is 0 Å². The molecule has 1 amide bonds. The Labute approximate surface area is 137 Å². The molecule has 122 valence electrons. The predicted octanol–water partition coefficient (Wildman–Crippen LogP) is 1.93. The normalized spacial score (nSPS) is 22.8. The summed E-state index contributed by atoms with van der Waals surface area (Å²) in [7, 11) is 0. The van der Waals surface area contributed by atoms with Gasteiger partial charge in [0.2, 0.25) is 5.91 Å². The van der Waals surface area contributed by atoms with Crippen LogP contribution in [0.15, 0.2) is 17.8 Å². The van der Waals surface area contributed by atoms with Crippen molar-refractivity contribution in [1.82, 2.24) is 14.7 Å². The average molecular weight is 333 g/mol. The lowest BCUT2D eigenvalue weighted by Gasteiger charge is -2.27. The van der Waals surface area contributed by atoms with E-state index in [-0.39, 0.29) is 24.2 Å². The van der Waals surface area contributed by atoms with Gasteiger partial charge in [0.05, 0.1) is 18.0 Å². The second-order valence-corrected chi connectivity index (χ2v) is 7.24. The van der Waals surface area contributed by atoms with Gasteiger partial charge in [-0.2, -0.15) is 0 Å². The molecule has 6 nitrogen and oxygen atoms in total. The third-order valence-corrected chi connectivity index (χ3v) is 5.68. The highest BCUT2D eigenvalue weighted by Crippen LogP contribution is 2.45. The summed E-state index contributed by atoms with van der Waals surface area (Å²) in [6.07, 6.45) is 8.55. The van der Waals surface area contributed by atoms with Crippen LogP contribution < -0.4 is 5.32 Å². The van der Waals surface area contributed by atoms with Crippen LogP contribution in [-0.2, 0) is 20.7 Å². The third-order valence-electron chi connectivity index (χ3n) is 4.91. The number of rotatable bonds is 4. The first kappa shape index (κ1) is 14.7. The number of carbonyl (C=O) groups excluding carboxylic acids is 2. The van der Waals surface area contributed by atoms with Gasteiger partial charge in [-0.1, -0.05) is 0 Å². The minimum absolute atomic E-state index is 0.0567. The van der Waals surface area contributed by atoms with Crippen molar-refractivity contribution in [3.05, 3.63) is 23.5 Å². The maximum absolute atomic E-state index is 12.5. The Morgan fingerprint density at radius 3 is 3.09 bits per heavy atom. The molecule has 1 aliphatic carbocycles. The number of fused-ring (bicyclic) bond motifs is 1. The molecule has 0 bridgehead atoms. The average Bonchev–Trinajstić information content (AvgIpc) is 3.24. The SMILES string of the molecule is O=C1C[C@@H](C(=O)NCCc2cn3ccsc3n2)C2(CCCC2)O1. The van der Waals surface area contributed by atoms with Gasteiger partial charge in [0.1, 0.15) is 5.60 Å². The lowest BCUT2D eigenvalue weighted by atomic mass is 9.85. The Kier molecular flexibility index (Phi) is 3.60. The first-order chi connectivity index (χ1) is 11.2. The van der Waals surface area contributed by atoms with Gasteiger partial charge in [-0.3, -0.25) is 14.0 Å². The van der Waals surface area contributed by atoms with Crippen LogP contribution in [-0.4, -0.2) is 33.4 Å². The van der Waals surface area contributed by atoms with Crippen molar-refractivity contribution in [3.63, 3.8) is 0 Å². The fourth-order valence-corrected chi connectivity index (χ4v) is 4.50. The van der Waals surface area contributed by atoms with Gasteiger partial charge in [0.15, 0.2) is 4.96 Å². The van der Waals surface area contributed by atoms with Crippen LogP contribution in [0.2, 0.25) is 0 Å². The summed E-state index contributed by atoms with van der Waals surface area (Å²) in [5, 5.41) is 4.96. The minimum Gasteiger partial charge on any atom is -0.458 e. The number of esters is 1. The van der Waals surface area contributed by atoms with Crippen LogP contribution in [0.5, 0.6) is 0 Å². The van der Waals surface area contributed by atoms with Crippen molar-refractivity contribution in [2.24, 2.45) is 5.92 Å². The van der Waals surface area contributed by atoms with E-state index in [1.54, 1.807) is 11.3 Å². The Bertz CT molecular complexity index is 716. The molecule has 0 unspecified atom stereocenters. The van der Waals surface area contributed by atoms with E-state index in [2.05, 4.69) is 10.3 Å². The summed E-state index contributed by atoms with van der Waals surface area (Å²) in [6, 6.07) is 0. The van der Waals surface area contributed by atoms with Crippen molar-refractivity contribution < 1.29 is 14.3 Å². The second kappa shape index (κ2) is 5.63. The van der Waals surface area contributed by atoms with E-state index < -0.39 is 5.60 Å². The topological polar surface area (TPSA) is 72.7 Å². The second-order valence-electron chi connectivity index (χ2n) is 6.37. The number of amides is 1. The standard InChI is InChI=1S/C16H19N3O3S/c20-13-9-12(16(22-13)4-1-2-5-16)14(21)17-6-3-11-10-19-7-8-23-15(19)18-11/h7-8,10,12H,1-6,9H2,(H,17,21)/t12-/m0/s1. The van der Waals surface area contributed by atoms with E-state index >= 15 is 0 Å². The third kappa shape index (κ3) is 2.63. The summed E-state index contributed by atoms with van der Waals surface area (Å²) in [5.74, 6) is -0.622. The first-order valence-corrected chi connectivity index (χ1v) is 8.95. The summed E-state index contributed by atoms with van der Waals surface area (Å²) < 4.78 is 7.51. The van der Waals surface area contributed by atoms with Crippen LogP contribution in [0.25, 0.3) is 4.96 Å². The summed E-state index contributed by atoms with van der Waals surface area (Å²) in [6.45, 7) is 0.532. The Morgan fingerprint density at radius 1 is 1.48 bits per heavy atom. The van der Waals surface area contributed by atoms with Gasteiger partial charge in [0.25, 0.3) is 0 Å². The Balaban J connectivity index is 1.36. The first-order valence-electron chi connectivity index (χ1n) is 8.07. The van der Waals surface area contributed by atoms with Gasteiger partial charge in [0, 0.05) is 30.7 Å². The monoisotopic (exact) mass is 333 g/mol. The maximum atomic E-state index is 12.5. The molecule has 1 saturated carbocycles. The molecule has 0 aromatic carbocycles. The number of aromatic nitrogens is 2. The van der Waals surface area contributed by atoms with E-state index in [0.717, 1.165) is 36.3 Å². The molecular formula is C16H19N3O3S. The van der Waals surface area contributed by atoms with E-state index in [0.29, 0.717) is 13.0 Å². The van der Waals surface area contributed by atoms with E-state index in [1.807, 2.05) is 22.2 Å². The predicted molar refractivity (Wildman–Crippen MR) is 85.2 cm³/mol. The highest BCUT2D eigenvalue weighted by Gasteiger charge is 2.53. The zero-order valence-electron chi connectivity index (χ0n) is 12.8. The fraction of sp³-hybridized carbons (Fsp3) is 0.562. The lowest BCUT2D eigenvalue weighted by molar-refractivity contribution is -0.149. The van der Waals surface area contributed by atoms with Crippen molar-refractivity contribution in [1.29, 1.82) is 0 Å². The molecule has 1 aliphatic heterocycles. The summed E-state index contributed by atoms with van der Waals surface area (Å²) >= 11 is 1.59. The van der Waals surface area contributed by atoms with Gasteiger partial charge in [-0.15, -0.1) is 11.3 Å². The van der Waals surface area contributed by atoms with Crippen molar-refractivity contribution in [2.45, 2.75) is 44.1 Å². The van der Waals surface area contributed by atoms with E-state index in [4.69, 9.17) is 4.74 Å². The van der Waals surface area contributed by atoms with Crippen LogP contribution in [0.3, 0.4) is 0 Å². The molecule has 7 heteroatoms. The largest absolute Gasteiger partial charge is 0.458 e. The Hall–Kier alpha value is -1.89. The molecule has 2 aliphatic rings. The van der Waals surface area contributed by atoms with Crippen LogP contribution in [0.1, 0.15) is 37.8 Å².